The fourth-order valence-electron chi connectivity index (χ4n) is 1.36. The number of nitrogens with zero attached hydrogens (tertiary/aromatic N) is 2. The number of aromatic nitrogens is 1. The van der Waals surface area contributed by atoms with Crippen molar-refractivity contribution in [2.24, 2.45) is 0 Å². The minimum Gasteiger partial charge on any atom is -0.444 e. The van der Waals surface area contributed by atoms with E-state index in [-0.39, 0.29) is 11.6 Å². The van der Waals surface area contributed by atoms with Crippen LogP contribution in [0.4, 0.5) is 0 Å². The normalized spacial score (nSPS) is 10.4. The molecule has 94 valence electrons. The lowest BCUT2D eigenvalue weighted by molar-refractivity contribution is 0.0822. The molecule has 0 fully saturated rings. The van der Waals surface area contributed by atoms with E-state index in [1.165, 1.54) is 11.2 Å². The second kappa shape index (κ2) is 5.00. The third kappa shape index (κ3) is 2.49. The van der Waals surface area contributed by atoms with Crippen molar-refractivity contribution in [3.8, 4) is 11.5 Å². The van der Waals surface area contributed by atoms with E-state index in [2.05, 4.69) is 4.98 Å². The number of oxazole rings is 1. The predicted molar refractivity (Wildman–Crippen MR) is 70.0 cm³/mol. The van der Waals surface area contributed by atoms with Crippen molar-refractivity contribution in [1.82, 2.24) is 9.88 Å². The molecule has 0 spiro atoms. The zero-order chi connectivity index (χ0) is 13.3. The zero-order valence-corrected chi connectivity index (χ0v) is 11.3. The Labute approximate surface area is 114 Å². The highest BCUT2D eigenvalue weighted by atomic mass is 35.5. The standard InChI is InChI=1S/C12H10Cl2N2O2/c1-16(2)12(17)10-6-18-11(15-10)7-3-4-8(13)9(14)5-7/h3-6H,1-2H3. The van der Waals surface area contributed by atoms with Crippen molar-refractivity contribution in [3.05, 3.63) is 40.2 Å². The molecule has 2 rings (SSSR count). The summed E-state index contributed by atoms with van der Waals surface area (Å²) >= 11 is 11.7. The lowest BCUT2D eigenvalue weighted by Gasteiger charge is -2.05. The third-order valence-corrected chi connectivity index (χ3v) is 3.04. The molecular formula is C12H10Cl2N2O2. The SMILES string of the molecule is CN(C)C(=O)c1coc(-c2ccc(Cl)c(Cl)c2)n1. The maximum atomic E-state index is 11.7. The first-order valence-corrected chi connectivity index (χ1v) is 5.87. The molecule has 0 aliphatic heterocycles. The second-order valence-corrected chi connectivity index (χ2v) is 4.68. The van der Waals surface area contributed by atoms with Gasteiger partial charge in [-0.3, -0.25) is 4.79 Å². The average Bonchev–Trinajstić information content (AvgIpc) is 2.81. The van der Waals surface area contributed by atoms with E-state index in [0.29, 0.717) is 21.5 Å². The Hall–Kier alpha value is -1.52. The monoisotopic (exact) mass is 284 g/mol. The fourth-order valence-corrected chi connectivity index (χ4v) is 1.66. The molecule has 6 heteroatoms. The Balaban J connectivity index is 2.35. The van der Waals surface area contributed by atoms with Crippen LogP contribution in [0.25, 0.3) is 11.5 Å². The van der Waals surface area contributed by atoms with Crippen LogP contribution >= 0.6 is 23.2 Å². The van der Waals surface area contributed by atoms with Crippen molar-refractivity contribution < 1.29 is 9.21 Å². The first-order valence-electron chi connectivity index (χ1n) is 5.11. The van der Waals surface area contributed by atoms with Crippen LogP contribution in [0.1, 0.15) is 10.5 Å². The van der Waals surface area contributed by atoms with Crippen LogP contribution in [0.5, 0.6) is 0 Å². The molecule has 0 bridgehead atoms. The van der Waals surface area contributed by atoms with Crippen molar-refractivity contribution in [3.63, 3.8) is 0 Å². The van der Waals surface area contributed by atoms with Crippen molar-refractivity contribution >= 4 is 29.1 Å². The van der Waals surface area contributed by atoms with Gasteiger partial charge in [0.1, 0.15) is 6.26 Å². The molecule has 0 saturated heterocycles. The van der Waals surface area contributed by atoms with E-state index in [9.17, 15) is 4.79 Å². The van der Waals surface area contributed by atoms with E-state index in [0.717, 1.165) is 0 Å². The molecular weight excluding hydrogens is 275 g/mol. The number of halogens is 2. The number of hydrogen-bond acceptors (Lipinski definition) is 3. The van der Waals surface area contributed by atoms with Crippen molar-refractivity contribution in [1.29, 1.82) is 0 Å². The first kappa shape index (κ1) is 12.9. The topological polar surface area (TPSA) is 46.3 Å². The van der Waals surface area contributed by atoms with Crippen LogP contribution in [-0.4, -0.2) is 29.9 Å². The Kier molecular flexibility index (Phi) is 3.59. The summed E-state index contributed by atoms with van der Waals surface area (Å²) in [7, 11) is 3.30. The van der Waals surface area contributed by atoms with Gasteiger partial charge in [0, 0.05) is 19.7 Å². The van der Waals surface area contributed by atoms with E-state index in [4.69, 9.17) is 27.6 Å². The Bertz CT molecular complexity index is 594. The van der Waals surface area contributed by atoms with Crippen LogP contribution in [-0.2, 0) is 0 Å². The Morgan fingerprint density at radius 1 is 1.28 bits per heavy atom. The highest BCUT2D eigenvalue weighted by Crippen LogP contribution is 2.28. The van der Waals surface area contributed by atoms with Crippen LogP contribution in [0.15, 0.2) is 28.9 Å². The highest BCUT2D eigenvalue weighted by Gasteiger charge is 2.15. The molecule has 4 nitrogen and oxygen atoms in total. The molecule has 1 aromatic carbocycles. The summed E-state index contributed by atoms with van der Waals surface area (Å²) in [5.74, 6) is 0.115. The summed E-state index contributed by atoms with van der Waals surface area (Å²) in [4.78, 5) is 17.2. The molecule has 0 saturated carbocycles. The highest BCUT2D eigenvalue weighted by molar-refractivity contribution is 6.42. The maximum Gasteiger partial charge on any atom is 0.275 e. The van der Waals surface area contributed by atoms with Gasteiger partial charge in [0.05, 0.1) is 10.0 Å². The quantitative estimate of drug-likeness (QED) is 0.850. The lowest BCUT2D eigenvalue weighted by Crippen LogP contribution is -2.21. The van der Waals surface area contributed by atoms with E-state index >= 15 is 0 Å². The smallest absolute Gasteiger partial charge is 0.275 e. The Morgan fingerprint density at radius 3 is 2.61 bits per heavy atom. The van der Waals surface area contributed by atoms with Gasteiger partial charge >= 0.3 is 0 Å². The molecule has 0 aliphatic carbocycles. The van der Waals surface area contributed by atoms with Crippen LogP contribution < -0.4 is 0 Å². The number of hydrogen-bond donors (Lipinski definition) is 0. The van der Waals surface area contributed by atoms with Crippen LogP contribution in [0.2, 0.25) is 10.0 Å². The summed E-state index contributed by atoms with van der Waals surface area (Å²) in [6.07, 6.45) is 1.32. The van der Waals surface area contributed by atoms with Crippen LogP contribution in [0, 0.1) is 0 Å². The van der Waals surface area contributed by atoms with Gasteiger partial charge in [-0.15, -0.1) is 0 Å². The van der Waals surface area contributed by atoms with Gasteiger partial charge in [0.25, 0.3) is 5.91 Å². The van der Waals surface area contributed by atoms with Crippen molar-refractivity contribution in [2.75, 3.05) is 14.1 Å². The van der Waals surface area contributed by atoms with Gasteiger partial charge < -0.3 is 9.32 Å². The van der Waals surface area contributed by atoms with E-state index in [1.54, 1.807) is 32.3 Å². The largest absolute Gasteiger partial charge is 0.444 e. The second-order valence-electron chi connectivity index (χ2n) is 3.87. The fraction of sp³-hybridized carbons (Fsp3) is 0.167. The molecule has 2 aromatic rings. The van der Waals surface area contributed by atoms with Gasteiger partial charge in [-0.25, -0.2) is 4.98 Å². The maximum absolute atomic E-state index is 11.7. The van der Waals surface area contributed by atoms with Gasteiger partial charge in [-0.05, 0) is 18.2 Å². The molecule has 1 aromatic heterocycles. The number of carbonyl (C=O) groups is 1. The van der Waals surface area contributed by atoms with E-state index in [1.807, 2.05) is 0 Å². The number of rotatable bonds is 2. The molecule has 0 radical (unpaired) electrons. The summed E-state index contributed by atoms with van der Waals surface area (Å²) in [5.41, 5.74) is 0.920. The molecule has 1 amide bonds. The minimum atomic E-state index is -0.218. The Morgan fingerprint density at radius 2 is 2.00 bits per heavy atom. The molecule has 0 aliphatic rings. The number of benzene rings is 1. The van der Waals surface area contributed by atoms with Crippen molar-refractivity contribution in [2.45, 2.75) is 0 Å². The number of amides is 1. The zero-order valence-electron chi connectivity index (χ0n) is 9.78. The summed E-state index contributed by atoms with van der Waals surface area (Å²) in [6, 6.07) is 5.01. The molecule has 0 atom stereocenters. The van der Waals surface area contributed by atoms with Crippen LogP contribution in [0.3, 0.4) is 0 Å². The minimum absolute atomic E-state index is 0.218. The molecule has 1 heterocycles. The molecule has 18 heavy (non-hydrogen) atoms. The molecule has 0 unspecified atom stereocenters. The van der Waals surface area contributed by atoms with Gasteiger partial charge in [-0.1, -0.05) is 23.2 Å². The summed E-state index contributed by atoms with van der Waals surface area (Å²) < 4.78 is 5.26. The third-order valence-electron chi connectivity index (χ3n) is 2.30. The van der Waals surface area contributed by atoms with Gasteiger partial charge in [0.2, 0.25) is 5.89 Å². The summed E-state index contributed by atoms with van der Waals surface area (Å²) in [5, 5.41) is 0.865. The predicted octanol–water partition coefficient (Wildman–Crippen LogP) is 3.35. The average molecular weight is 285 g/mol. The number of carbonyl (C=O) groups excluding carboxylic acids is 1. The molecule has 0 N–H and O–H groups in total. The lowest BCUT2D eigenvalue weighted by atomic mass is 10.2. The van der Waals surface area contributed by atoms with Gasteiger partial charge in [0.15, 0.2) is 5.69 Å². The van der Waals surface area contributed by atoms with Gasteiger partial charge in [-0.2, -0.15) is 0 Å². The first-order chi connectivity index (χ1) is 8.49. The van der Waals surface area contributed by atoms with E-state index < -0.39 is 0 Å². The summed E-state index contributed by atoms with van der Waals surface area (Å²) in [6.45, 7) is 0.